The lowest BCUT2D eigenvalue weighted by Crippen LogP contribution is -2.51. The highest BCUT2D eigenvalue weighted by atomic mass is 16.5. The molecule has 0 bridgehead atoms. The Morgan fingerprint density at radius 3 is 2.58 bits per heavy atom. The maximum absolute atomic E-state index is 12.5. The van der Waals surface area contributed by atoms with Crippen molar-refractivity contribution >= 4 is 11.9 Å². The van der Waals surface area contributed by atoms with Crippen molar-refractivity contribution in [3.05, 3.63) is 0 Å². The Bertz CT molecular complexity index is 373. The van der Waals surface area contributed by atoms with Crippen molar-refractivity contribution in [3.8, 4) is 0 Å². The second kappa shape index (κ2) is 5.09. The largest absolute Gasteiger partial charge is 0.381 e. The molecule has 19 heavy (non-hydrogen) atoms. The van der Waals surface area contributed by atoms with Gasteiger partial charge in [-0.25, -0.2) is 4.79 Å². The number of urea groups is 1. The zero-order valence-corrected chi connectivity index (χ0v) is 11.1. The van der Waals surface area contributed by atoms with E-state index >= 15 is 0 Å². The third kappa shape index (κ3) is 2.34. The van der Waals surface area contributed by atoms with Crippen LogP contribution in [0.2, 0.25) is 0 Å². The van der Waals surface area contributed by atoms with Gasteiger partial charge < -0.3 is 15.4 Å². The molecule has 6 nitrogen and oxygen atoms in total. The fourth-order valence-corrected chi connectivity index (χ4v) is 3.22. The lowest BCUT2D eigenvalue weighted by molar-refractivity contribution is -0.135. The molecule has 6 heteroatoms. The summed E-state index contributed by atoms with van der Waals surface area (Å²) in [6.07, 6.45) is 3.26. The van der Waals surface area contributed by atoms with Crippen LogP contribution in [0.15, 0.2) is 0 Å². The first-order valence-electron chi connectivity index (χ1n) is 7.14. The molecule has 2 N–H and O–H groups in total. The van der Waals surface area contributed by atoms with E-state index in [2.05, 4.69) is 10.6 Å². The quantitative estimate of drug-likeness (QED) is 0.696. The highest BCUT2D eigenvalue weighted by Gasteiger charge is 2.51. The summed E-state index contributed by atoms with van der Waals surface area (Å²) in [4.78, 5) is 26.0. The molecule has 0 unspecified atom stereocenters. The van der Waals surface area contributed by atoms with Crippen LogP contribution in [0.3, 0.4) is 0 Å². The minimum absolute atomic E-state index is 0.0423. The van der Waals surface area contributed by atoms with E-state index in [0.717, 1.165) is 25.9 Å². The molecule has 0 aromatic rings. The summed E-state index contributed by atoms with van der Waals surface area (Å²) in [5.74, 6) is 0.394. The first-order chi connectivity index (χ1) is 9.21. The Labute approximate surface area is 112 Å². The van der Waals surface area contributed by atoms with Gasteiger partial charge >= 0.3 is 6.03 Å². The number of imide groups is 1. The molecule has 0 aromatic carbocycles. The average Bonchev–Trinajstić information content (AvgIpc) is 2.66. The second-order valence-electron chi connectivity index (χ2n) is 5.73. The first kappa shape index (κ1) is 12.9. The van der Waals surface area contributed by atoms with Gasteiger partial charge in [-0.1, -0.05) is 0 Å². The van der Waals surface area contributed by atoms with E-state index in [9.17, 15) is 9.59 Å². The molecule has 0 atom stereocenters. The Kier molecular flexibility index (Phi) is 3.45. The molecule has 106 valence electrons. The SMILES string of the molecule is O=C1NC2(CCOCC2)C(=O)N1CC1CCNCC1. The van der Waals surface area contributed by atoms with E-state index in [1.807, 2.05) is 0 Å². The van der Waals surface area contributed by atoms with Gasteiger partial charge in [0.1, 0.15) is 5.54 Å². The van der Waals surface area contributed by atoms with Gasteiger partial charge in [0.15, 0.2) is 0 Å². The fourth-order valence-electron chi connectivity index (χ4n) is 3.22. The van der Waals surface area contributed by atoms with Crippen LogP contribution in [0.5, 0.6) is 0 Å². The highest BCUT2D eigenvalue weighted by Crippen LogP contribution is 2.29. The van der Waals surface area contributed by atoms with E-state index in [-0.39, 0.29) is 11.9 Å². The zero-order chi connectivity index (χ0) is 13.3. The van der Waals surface area contributed by atoms with Gasteiger partial charge in [0.2, 0.25) is 0 Å². The third-order valence-corrected chi connectivity index (χ3v) is 4.49. The van der Waals surface area contributed by atoms with Gasteiger partial charge in [-0.15, -0.1) is 0 Å². The van der Waals surface area contributed by atoms with Crippen LogP contribution in [-0.4, -0.2) is 55.2 Å². The van der Waals surface area contributed by atoms with E-state index in [1.165, 1.54) is 4.90 Å². The van der Waals surface area contributed by atoms with Crippen LogP contribution >= 0.6 is 0 Å². The van der Waals surface area contributed by atoms with E-state index in [0.29, 0.717) is 38.5 Å². The molecule has 1 spiro atoms. The van der Waals surface area contributed by atoms with Crippen molar-refractivity contribution in [3.63, 3.8) is 0 Å². The fraction of sp³-hybridized carbons (Fsp3) is 0.846. The van der Waals surface area contributed by atoms with Gasteiger partial charge in [-0.2, -0.15) is 0 Å². The van der Waals surface area contributed by atoms with Gasteiger partial charge in [-0.05, 0) is 31.8 Å². The predicted octanol–water partition coefficient (Wildman–Crippen LogP) is 0.0870. The van der Waals surface area contributed by atoms with Crippen LogP contribution in [0, 0.1) is 5.92 Å². The summed E-state index contributed by atoms with van der Waals surface area (Å²) in [7, 11) is 0. The normalized spacial score (nSPS) is 27.9. The highest BCUT2D eigenvalue weighted by molar-refractivity contribution is 6.07. The van der Waals surface area contributed by atoms with Crippen LogP contribution in [0.25, 0.3) is 0 Å². The maximum atomic E-state index is 12.5. The third-order valence-electron chi connectivity index (χ3n) is 4.49. The van der Waals surface area contributed by atoms with E-state index in [4.69, 9.17) is 4.74 Å². The summed E-state index contributed by atoms with van der Waals surface area (Å²) >= 11 is 0. The number of hydrogen-bond donors (Lipinski definition) is 2. The molecule has 0 aromatic heterocycles. The van der Waals surface area contributed by atoms with Crippen molar-refractivity contribution < 1.29 is 14.3 Å². The Balaban J connectivity index is 1.68. The van der Waals surface area contributed by atoms with Crippen molar-refractivity contribution in [1.82, 2.24) is 15.5 Å². The summed E-state index contributed by atoms with van der Waals surface area (Å²) in [6.45, 7) is 3.62. The van der Waals surface area contributed by atoms with Crippen LogP contribution in [-0.2, 0) is 9.53 Å². The van der Waals surface area contributed by atoms with Gasteiger partial charge in [0.05, 0.1) is 0 Å². The number of amides is 3. The smallest absolute Gasteiger partial charge is 0.325 e. The minimum atomic E-state index is -0.678. The summed E-state index contributed by atoms with van der Waals surface area (Å²) in [6, 6.07) is -0.217. The van der Waals surface area contributed by atoms with E-state index in [1.54, 1.807) is 0 Å². The minimum Gasteiger partial charge on any atom is -0.381 e. The molecule has 3 fully saturated rings. The lowest BCUT2D eigenvalue weighted by Gasteiger charge is -2.31. The molecular weight excluding hydrogens is 246 g/mol. The number of ether oxygens (including phenoxy) is 1. The summed E-state index contributed by atoms with van der Waals surface area (Å²) in [5.41, 5.74) is -0.678. The zero-order valence-electron chi connectivity index (χ0n) is 11.1. The molecule has 0 aliphatic carbocycles. The number of nitrogens with one attached hydrogen (secondary N) is 2. The van der Waals surface area contributed by atoms with Crippen molar-refractivity contribution in [2.24, 2.45) is 5.92 Å². The van der Waals surface area contributed by atoms with Crippen molar-refractivity contribution in [2.75, 3.05) is 32.8 Å². The van der Waals surface area contributed by atoms with Crippen LogP contribution in [0.4, 0.5) is 4.79 Å². The molecule has 0 saturated carbocycles. The Morgan fingerprint density at radius 1 is 1.21 bits per heavy atom. The van der Waals surface area contributed by atoms with Gasteiger partial charge in [0.25, 0.3) is 5.91 Å². The summed E-state index contributed by atoms with van der Waals surface area (Å²) < 4.78 is 5.29. The molecule has 0 radical (unpaired) electrons. The monoisotopic (exact) mass is 267 g/mol. The number of carbonyl (C=O) groups is 2. The topological polar surface area (TPSA) is 70.7 Å². The number of hydrogen-bond acceptors (Lipinski definition) is 4. The maximum Gasteiger partial charge on any atom is 0.325 e. The van der Waals surface area contributed by atoms with Crippen molar-refractivity contribution in [2.45, 2.75) is 31.2 Å². The number of nitrogens with zero attached hydrogens (tertiary/aromatic N) is 1. The molecular formula is C13H21N3O3. The molecule has 3 aliphatic rings. The average molecular weight is 267 g/mol. The summed E-state index contributed by atoms with van der Waals surface area (Å²) in [5, 5.41) is 6.20. The number of rotatable bonds is 2. The molecule has 3 saturated heterocycles. The Hall–Kier alpha value is -1.14. The van der Waals surface area contributed by atoms with Gasteiger partial charge in [0, 0.05) is 32.6 Å². The van der Waals surface area contributed by atoms with Crippen LogP contribution in [0.1, 0.15) is 25.7 Å². The first-order valence-corrected chi connectivity index (χ1v) is 7.14. The van der Waals surface area contributed by atoms with Crippen LogP contribution < -0.4 is 10.6 Å². The molecule has 3 heterocycles. The standard InChI is InChI=1S/C13H21N3O3/c17-11-13(3-7-19-8-4-13)15-12(18)16(11)9-10-1-5-14-6-2-10/h10,14H,1-9H2,(H,15,18). The van der Waals surface area contributed by atoms with E-state index < -0.39 is 5.54 Å². The number of piperidine rings is 1. The second-order valence-corrected chi connectivity index (χ2v) is 5.73. The number of carbonyl (C=O) groups excluding carboxylic acids is 2. The molecule has 3 aliphatic heterocycles. The molecule has 3 rings (SSSR count). The van der Waals surface area contributed by atoms with Crippen molar-refractivity contribution in [1.29, 1.82) is 0 Å². The van der Waals surface area contributed by atoms with Gasteiger partial charge in [-0.3, -0.25) is 9.69 Å². The molecule has 3 amide bonds. The predicted molar refractivity (Wildman–Crippen MR) is 68.6 cm³/mol. The lowest BCUT2D eigenvalue weighted by atomic mass is 9.89. The Morgan fingerprint density at radius 2 is 1.89 bits per heavy atom.